The molecule has 1 aromatic rings. The van der Waals surface area contributed by atoms with Crippen LogP contribution in [0.15, 0.2) is 24.3 Å². The van der Waals surface area contributed by atoms with Gasteiger partial charge in [-0.1, -0.05) is 12.1 Å². The maximum atomic E-state index is 6.01. The van der Waals surface area contributed by atoms with Gasteiger partial charge in [-0.05, 0) is 44.0 Å². The number of rotatable bonds is 4. The van der Waals surface area contributed by atoms with Gasteiger partial charge in [0.05, 0.1) is 0 Å². The van der Waals surface area contributed by atoms with Gasteiger partial charge >= 0.3 is 0 Å². The summed E-state index contributed by atoms with van der Waals surface area (Å²) in [6.07, 6.45) is 2.14. The summed E-state index contributed by atoms with van der Waals surface area (Å²) in [4.78, 5) is 2.32. The number of nitrogens with two attached hydrogens (primary N) is 1. The van der Waals surface area contributed by atoms with E-state index in [-0.39, 0.29) is 5.41 Å². The maximum Gasteiger partial charge on any atom is 0.0472 e. The first-order chi connectivity index (χ1) is 8.65. The quantitative estimate of drug-likeness (QED) is 0.887. The van der Waals surface area contributed by atoms with Crippen molar-refractivity contribution in [1.82, 2.24) is 0 Å². The molecule has 0 saturated carbocycles. The van der Waals surface area contributed by atoms with Crippen LogP contribution in [0.2, 0.25) is 0 Å². The van der Waals surface area contributed by atoms with Crippen LogP contribution in [0.25, 0.3) is 0 Å². The van der Waals surface area contributed by atoms with E-state index in [1.165, 1.54) is 11.3 Å². The van der Waals surface area contributed by atoms with Gasteiger partial charge in [0.2, 0.25) is 0 Å². The van der Waals surface area contributed by atoms with E-state index in [0.29, 0.717) is 0 Å². The third-order valence-corrected chi connectivity index (χ3v) is 4.00. The van der Waals surface area contributed by atoms with Gasteiger partial charge in [-0.15, -0.1) is 0 Å². The molecule has 0 aromatic heterocycles. The predicted molar refractivity (Wildman–Crippen MR) is 76.0 cm³/mol. The highest BCUT2D eigenvalue weighted by molar-refractivity contribution is 5.47. The summed E-state index contributed by atoms with van der Waals surface area (Å²) in [6.45, 7) is 5.57. The summed E-state index contributed by atoms with van der Waals surface area (Å²) >= 11 is 0. The van der Waals surface area contributed by atoms with E-state index in [1.54, 1.807) is 0 Å². The highest BCUT2D eigenvalue weighted by atomic mass is 16.5. The Bertz CT molecular complexity index is 386. The SMILES string of the molecule is Cc1cccc(N(C)CC2(CN)CCOCC2)c1. The molecular weight excluding hydrogens is 224 g/mol. The fraction of sp³-hybridized carbons (Fsp3) is 0.600. The first-order valence-corrected chi connectivity index (χ1v) is 6.71. The number of anilines is 1. The fourth-order valence-corrected chi connectivity index (χ4v) is 2.69. The second-order valence-electron chi connectivity index (χ2n) is 5.51. The van der Waals surface area contributed by atoms with Gasteiger partial charge in [0.25, 0.3) is 0 Å². The minimum atomic E-state index is 0.219. The van der Waals surface area contributed by atoms with E-state index in [0.717, 1.165) is 39.1 Å². The Kier molecular flexibility index (Phi) is 4.25. The molecule has 0 unspecified atom stereocenters. The molecule has 0 spiro atoms. The molecular formula is C15H24N2O. The van der Waals surface area contributed by atoms with Crippen LogP contribution < -0.4 is 10.6 Å². The molecule has 2 rings (SSSR count). The van der Waals surface area contributed by atoms with Crippen LogP contribution in [0.3, 0.4) is 0 Å². The van der Waals surface area contributed by atoms with Gasteiger partial charge < -0.3 is 15.4 Å². The predicted octanol–water partition coefficient (Wildman–Crippen LogP) is 2.19. The van der Waals surface area contributed by atoms with Crippen LogP contribution in [0.4, 0.5) is 5.69 Å². The molecule has 1 aliphatic rings. The Balaban J connectivity index is 2.07. The van der Waals surface area contributed by atoms with Crippen molar-refractivity contribution >= 4 is 5.69 Å². The van der Waals surface area contributed by atoms with Gasteiger partial charge in [0.1, 0.15) is 0 Å². The molecule has 0 radical (unpaired) electrons. The molecule has 0 atom stereocenters. The second kappa shape index (κ2) is 5.72. The smallest absolute Gasteiger partial charge is 0.0472 e. The molecule has 3 nitrogen and oxygen atoms in total. The first kappa shape index (κ1) is 13.4. The molecule has 100 valence electrons. The number of hydrogen-bond donors (Lipinski definition) is 1. The minimum absolute atomic E-state index is 0.219. The van der Waals surface area contributed by atoms with Crippen molar-refractivity contribution in [2.45, 2.75) is 19.8 Å². The van der Waals surface area contributed by atoms with E-state index < -0.39 is 0 Å². The van der Waals surface area contributed by atoms with Crippen molar-refractivity contribution in [3.05, 3.63) is 29.8 Å². The lowest BCUT2D eigenvalue weighted by molar-refractivity contribution is 0.0229. The Hall–Kier alpha value is -1.06. The van der Waals surface area contributed by atoms with E-state index in [4.69, 9.17) is 10.5 Å². The van der Waals surface area contributed by atoms with E-state index in [2.05, 4.69) is 43.1 Å². The summed E-state index contributed by atoms with van der Waals surface area (Å²) < 4.78 is 5.46. The van der Waals surface area contributed by atoms with E-state index in [9.17, 15) is 0 Å². The van der Waals surface area contributed by atoms with Crippen molar-refractivity contribution in [2.75, 3.05) is 38.3 Å². The number of benzene rings is 1. The van der Waals surface area contributed by atoms with Crippen LogP contribution in [-0.4, -0.2) is 33.4 Å². The normalized spacial score (nSPS) is 18.6. The van der Waals surface area contributed by atoms with Crippen LogP contribution >= 0.6 is 0 Å². The van der Waals surface area contributed by atoms with Crippen molar-refractivity contribution in [3.63, 3.8) is 0 Å². The van der Waals surface area contributed by atoms with E-state index >= 15 is 0 Å². The van der Waals surface area contributed by atoms with Gasteiger partial charge in [-0.2, -0.15) is 0 Å². The van der Waals surface area contributed by atoms with Crippen LogP contribution in [0, 0.1) is 12.3 Å². The Labute approximate surface area is 110 Å². The molecule has 0 amide bonds. The monoisotopic (exact) mass is 248 g/mol. The van der Waals surface area contributed by atoms with Gasteiger partial charge in [0.15, 0.2) is 0 Å². The van der Waals surface area contributed by atoms with Crippen LogP contribution in [0.1, 0.15) is 18.4 Å². The topological polar surface area (TPSA) is 38.5 Å². The minimum Gasteiger partial charge on any atom is -0.381 e. The van der Waals surface area contributed by atoms with Crippen molar-refractivity contribution in [1.29, 1.82) is 0 Å². The van der Waals surface area contributed by atoms with Crippen LogP contribution in [0.5, 0.6) is 0 Å². The number of aryl methyl sites for hydroxylation is 1. The molecule has 1 heterocycles. The van der Waals surface area contributed by atoms with Gasteiger partial charge in [-0.25, -0.2) is 0 Å². The largest absolute Gasteiger partial charge is 0.381 e. The molecule has 0 aliphatic carbocycles. The fourth-order valence-electron chi connectivity index (χ4n) is 2.69. The third-order valence-electron chi connectivity index (χ3n) is 4.00. The summed E-state index contributed by atoms with van der Waals surface area (Å²) in [5, 5.41) is 0. The van der Waals surface area contributed by atoms with Crippen LogP contribution in [-0.2, 0) is 4.74 Å². The van der Waals surface area contributed by atoms with Crippen molar-refractivity contribution in [3.8, 4) is 0 Å². The zero-order chi connectivity index (χ0) is 13.0. The zero-order valence-electron chi connectivity index (χ0n) is 11.5. The lowest BCUT2D eigenvalue weighted by Crippen LogP contribution is -2.45. The highest BCUT2D eigenvalue weighted by Gasteiger charge is 2.32. The Morgan fingerprint density at radius 3 is 2.67 bits per heavy atom. The molecule has 1 aliphatic heterocycles. The second-order valence-corrected chi connectivity index (χ2v) is 5.51. The number of nitrogens with zero attached hydrogens (tertiary/aromatic N) is 1. The molecule has 2 N–H and O–H groups in total. The average molecular weight is 248 g/mol. The van der Waals surface area contributed by atoms with Gasteiger partial charge in [0, 0.05) is 37.9 Å². The summed E-state index contributed by atoms with van der Waals surface area (Å²) in [5.74, 6) is 0. The zero-order valence-corrected chi connectivity index (χ0v) is 11.5. The summed E-state index contributed by atoms with van der Waals surface area (Å²) in [6, 6.07) is 8.63. The molecule has 1 saturated heterocycles. The standard InChI is InChI=1S/C15H24N2O/c1-13-4-3-5-14(10-13)17(2)12-15(11-16)6-8-18-9-7-15/h3-5,10H,6-9,11-12,16H2,1-2H3. The lowest BCUT2D eigenvalue weighted by Gasteiger charge is -2.39. The van der Waals surface area contributed by atoms with Crippen molar-refractivity contribution in [2.24, 2.45) is 11.1 Å². The summed E-state index contributed by atoms with van der Waals surface area (Å²) in [7, 11) is 2.15. The van der Waals surface area contributed by atoms with Crippen molar-refractivity contribution < 1.29 is 4.74 Å². The highest BCUT2D eigenvalue weighted by Crippen LogP contribution is 2.31. The summed E-state index contributed by atoms with van der Waals surface area (Å²) in [5.41, 5.74) is 8.80. The molecule has 1 aromatic carbocycles. The third kappa shape index (κ3) is 3.03. The first-order valence-electron chi connectivity index (χ1n) is 6.71. The number of hydrogen-bond acceptors (Lipinski definition) is 3. The lowest BCUT2D eigenvalue weighted by atomic mass is 9.80. The molecule has 3 heteroatoms. The van der Waals surface area contributed by atoms with Gasteiger partial charge in [-0.3, -0.25) is 0 Å². The Morgan fingerprint density at radius 1 is 1.33 bits per heavy atom. The molecule has 1 fully saturated rings. The Morgan fingerprint density at radius 2 is 2.06 bits per heavy atom. The molecule has 0 bridgehead atoms. The average Bonchev–Trinajstić information content (AvgIpc) is 2.40. The maximum absolute atomic E-state index is 6.01. The van der Waals surface area contributed by atoms with E-state index in [1.807, 2.05) is 0 Å². The molecule has 18 heavy (non-hydrogen) atoms. The number of ether oxygens (including phenoxy) is 1.